The van der Waals surface area contributed by atoms with Crippen LogP contribution in [-0.4, -0.2) is 20.9 Å². The summed E-state index contributed by atoms with van der Waals surface area (Å²) in [6, 6.07) is 6.80. The molecule has 102 valence electrons. The van der Waals surface area contributed by atoms with E-state index in [9.17, 15) is 24.4 Å². The minimum absolute atomic E-state index is 0.157. The highest BCUT2D eigenvalue weighted by molar-refractivity contribution is 6.03. The van der Waals surface area contributed by atoms with Gasteiger partial charge < -0.3 is 10.4 Å². The number of pyridine rings is 1. The van der Waals surface area contributed by atoms with E-state index < -0.39 is 16.8 Å². The molecule has 0 radical (unpaired) electrons. The van der Waals surface area contributed by atoms with E-state index in [1.165, 1.54) is 12.1 Å². The molecular formula is C12H8FN3O4. The number of rotatable bonds is 3. The van der Waals surface area contributed by atoms with Gasteiger partial charge in [-0.1, -0.05) is 6.07 Å². The van der Waals surface area contributed by atoms with Gasteiger partial charge in [0.2, 0.25) is 5.95 Å². The SMILES string of the molecule is O=C(Nc1cc([N+](=O)[O-])ccc1O)c1cccc(F)n1. The summed E-state index contributed by atoms with van der Waals surface area (Å²) in [5, 5.41) is 22.4. The molecule has 0 atom stereocenters. The van der Waals surface area contributed by atoms with E-state index in [4.69, 9.17) is 0 Å². The van der Waals surface area contributed by atoms with Crippen LogP contribution in [0.3, 0.4) is 0 Å². The Morgan fingerprint density at radius 3 is 2.75 bits per heavy atom. The molecule has 0 saturated heterocycles. The molecule has 2 N–H and O–H groups in total. The highest BCUT2D eigenvalue weighted by Gasteiger charge is 2.14. The lowest BCUT2D eigenvalue weighted by molar-refractivity contribution is -0.384. The number of phenolic OH excluding ortho intramolecular Hbond substituents is 1. The van der Waals surface area contributed by atoms with Crippen molar-refractivity contribution in [1.82, 2.24) is 4.98 Å². The number of nitro benzene ring substituents is 1. The zero-order valence-electron chi connectivity index (χ0n) is 9.91. The van der Waals surface area contributed by atoms with E-state index in [0.717, 1.165) is 24.3 Å². The van der Waals surface area contributed by atoms with E-state index in [1.807, 2.05) is 0 Å². The molecule has 0 aliphatic rings. The highest BCUT2D eigenvalue weighted by atomic mass is 19.1. The number of phenols is 1. The maximum atomic E-state index is 12.9. The average Bonchev–Trinajstić information content (AvgIpc) is 2.41. The fourth-order valence-corrected chi connectivity index (χ4v) is 1.46. The molecule has 0 spiro atoms. The van der Waals surface area contributed by atoms with Crippen molar-refractivity contribution in [2.24, 2.45) is 0 Å². The first-order valence-electron chi connectivity index (χ1n) is 5.38. The highest BCUT2D eigenvalue weighted by Crippen LogP contribution is 2.28. The number of non-ortho nitro benzene ring substituents is 1. The minimum atomic E-state index is -0.832. The molecule has 2 aromatic rings. The quantitative estimate of drug-likeness (QED) is 0.387. The number of nitrogens with zero attached hydrogens (tertiary/aromatic N) is 2. The third-order valence-corrected chi connectivity index (χ3v) is 2.39. The molecule has 1 aromatic carbocycles. The second kappa shape index (κ2) is 5.31. The van der Waals surface area contributed by atoms with Crippen LogP contribution in [0.2, 0.25) is 0 Å². The molecule has 2 rings (SSSR count). The van der Waals surface area contributed by atoms with Crippen LogP contribution in [0, 0.1) is 16.1 Å². The number of amides is 1. The number of nitrogens with one attached hydrogen (secondary N) is 1. The van der Waals surface area contributed by atoms with Crippen LogP contribution in [0.25, 0.3) is 0 Å². The normalized spacial score (nSPS) is 10.1. The number of hydrogen-bond donors (Lipinski definition) is 2. The first-order chi connectivity index (χ1) is 9.47. The standard InChI is InChI=1S/C12H8FN3O4/c13-11-3-1-2-8(14-11)12(18)15-9-6-7(16(19)20)4-5-10(9)17/h1-6,17H,(H,15,18). The molecule has 1 aromatic heterocycles. The fraction of sp³-hybridized carbons (Fsp3) is 0. The molecule has 1 amide bonds. The van der Waals surface area contributed by atoms with Gasteiger partial charge in [0.25, 0.3) is 11.6 Å². The minimum Gasteiger partial charge on any atom is -0.506 e. The molecule has 0 saturated carbocycles. The van der Waals surface area contributed by atoms with Crippen LogP contribution >= 0.6 is 0 Å². The number of aromatic nitrogens is 1. The zero-order chi connectivity index (χ0) is 14.7. The number of anilines is 1. The van der Waals surface area contributed by atoms with Crippen molar-refractivity contribution >= 4 is 17.3 Å². The fourth-order valence-electron chi connectivity index (χ4n) is 1.46. The largest absolute Gasteiger partial charge is 0.506 e. The number of aromatic hydroxyl groups is 1. The Morgan fingerprint density at radius 1 is 1.35 bits per heavy atom. The van der Waals surface area contributed by atoms with E-state index in [0.29, 0.717) is 0 Å². The molecule has 0 aliphatic carbocycles. The zero-order valence-corrected chi connectivity index (χ0v) is 9.91. The number of carbonyl (C=O) groups excluding carboxylic acids is 1. The number of carbonyl (C=O) groups is 1. The van der Waals surface area contributed by atoms with Crippen LogP contribution < -0.4 is 5.32 Å². The van der Waals surface area contributed by atoms with Crippen molar-refractivity contribution in [2.75, 3.05) is 5.32 Å². The molecule has 0 fully saturated rings. The molecule has 8 heteroatoms. The van der Waals surface area contributed by atoms with Crippen molar-refractivity contribution in [2.45, 2.75) is 0 Å². The number of halogens is 1. The smallest absolute Gasteiger partial charge is 0.274 e. The van der Waals surface area contributed by atoms with Crippen LogP contribution in [0.5, 0.6) is 5.75 Å². The second-order valence-electron chi connectivity index (χ2n) is 3.76. The Balaban J connectivity index is 2.27. The summed E-state index contributed by atoms with van der Waals surface area (Å²) in [4.78, 5) is 25.1. The lowest BCUT2D eigenvalue weighted by atomic mass is 10.2. The third-order valence-electron chi connectivity index (χ3n) is 2.39. The summed E-state index contributed by atoms with van der Waals surface area (Å²) in [5.74, 6) is -1.97. The van der Waals surface area contributed by atoms with Crippen LogP contribution in [0.1, 0.15) is 10.5 Å². The van der Waals surface area contributed by atoms with Crippen molar-refractivity contribution < 1.29 is 19.2 Å². The lowest BCUT2D eigenvalue weighted by Gasteiger charge is -2.06. The van der Waals surface area contributed by atoms with E-state index in [1.54, 1.807) is 0 Å². The van der Waals surface area contributed by atoms with Crippen molar-refractivity contribution in [3.05, 3.63) is 58.2 Å². The number of nitro groups is 1. The summed E-state index contributed by atoms with van der Waals surface area (Å²) >= 11 is 0. The van der Waals surface area contributed by atoms with Gasteiger partial charge in [0, 0.05) is 12.1 Å². The van der Waals surface area contributed by atoms with Crippen LogP contribution in [0.15, 0.2) is 36.4 Å². The van der Waals surface area contributed by atoms with Gasteiger partial charge in [-0.3, -0.25) is 14.9 Å². The molecular weight excluding hydrogens is 269 g/mol. The average molecular weight is 277 g/mol. The first-order valence-corrected chi connectivity index (χ1v) is 5.38. The van der Waals surface area contributed by atoms with Gasteiger partial charge in [-0.05, 0) is 18.2 Å². The van der Waals surface area contributed by atoms with Gasteiger partial charge >= 0.3 is 0 Å². The number of hydrogen-bond acceptors (Lipinski definition) is 5. The summed E-state index contributed by atoms with van der Waals surface area (Å²) in [5.41, 5.74) is -0.670. The van der Waals surface area contributed by atoms with E-state index in [2.05, 4.69) is 10.3 Å². The van der Waals surface area contributed by atoms with Gasteiger partial charge in [-0.15, -0.1) is 0 Å². The van der Waals surface area contributed by atoms with Crippen molar-refractivity contribution in [3.63, 3.8) is 0 Å². The number of benzene rings is 1. The maximum Gasteiger partial charge on any atom is 0.274 e. The van der Waals surface area contributed by atoms with Crippen molar-refractivity contribution in [1.29, 1.82) is 0 Å². The summed E-state index contributed by atoms with van der Waals surface area (Å²) in [7, 11) is 0. The third kappa shape index (κ3) is 2.86. The van der Waals surface area contributed by atoms with Gasteiger partial charge in [0.05, 0.1) is 10.6 Å². The predicted molar refractivity (Wildman–Crippen MR) is 66.9 cm³/mol. The second-order valence-corrected chi connectivity index (χ2v) is 3.76. The first kappa shape index (κ1) is 13.4. The molecule has 0 unspecified atom stereocenters. The van der Waals surface area contributed by atoms with Crippen LogP contribution in [0.4, 0.5) is 15.8 Å². The van der Waals surface area contributed by atoms with E-state index >= 15 is 0 Å². The van der Waals surface area contributed by atoms with Gasteiger partial charge in [-0.2, -0.15) is 4.39 Å². The lowest BCUT2D eigenvalue weighted by Crippen LogP contribution is -2.14. The van der Waals surface area contributed by atoms with Crippen molar-refractivity contribution in [3.8, 4) is 5.75 Å². The topological polar surface area (TPSA) is 105 Å². The molecule has 20 heavy (non-hydrogen) atoms. The molecule has 0 bridgehead atoms. The van der Waals surface area contributed by atoms with Gasteiger partial charge in [0.1, 0.15) is 11.4 Å². The maximum absolute atomic E-state index is 12.9. The molecule has 0 aliphatic heterocycles. The van der Waals surface area contributed by atoms with E-state index in [-0.39, 0.29) is 22.8 Å². The summed E-state index contributed by atoms with van der Waals surface area (Å²) in [6.45, 7) is 0. The van der Waals surface area contributed by atoms with Gasteiger partial charge in [-0.25, -0.2) is 4.98 Å². The van der Waals surface area contributed by atoms with Crippen LogP contribution in [-0.2, 0) is 0 Å². The Bertz CT molecular complexity index is 690. The monoisotopic (exact) mass is 277 g/mol. The molecule has 7 nitrogen and oxygen atoms in total. The Labute approximate surface area is 111 Å². The predicted octanol–water partition coefficient (Wildman–Crippen LogP) is 2.09. The summed E-state index contributed by atoms with van der Waals surface area (Å²) in [6.07, 6.45) is 0. The Morgan fingerprint density at radius 2 is 2.10 bits per heavy atom. The molecule has 1 heterocycles. The Kier molecular flexibility index (Phi) is 3.56. The summed E-state index contributed by atoms with van der Waals surface area (Å²) < 4.78 is 12.9. The Hall–Kier alpha value is -3.03. The van der Waals surface area contributed by atoms with Gasteiger partial charge in [0.15, 0.2) is 0 Å².